The number of likely N-dealkylation sites (tertiary alicyclic amines) is 2. The number of nitrogens with zero attached hydrogens (tertiary/aromatic N) is 3. The summed E-state index contributed by atoms with van der Waals surface area (Å²) in [5.41, 5.74) is 2.68. The summed E-state index contributed by atoms with van der Waals surface area (Å²) in [6, 6.07) is 9.05. The standard InChI is InChI=1S/C23H30N4O3/c28-22-14-30-21-5-6-25(13-20(21)24-22)23(29)27-11-18(12-27)17-1-3-19(4-2-17)26-9-15-7-16(8-15)10-26/h1-4,15-16,18,20-21H,5-14H2,(H,24,28)/t15?,16?,20-,21+/m1/s1. The molecule has 2 atom stereocenters. The van der Waals surface area contributed by atoms with E-state index in [0.29, 0.717) is 19.0 Å². The van der Waals surface area contributed by atoms with Gasteiger partial charge < -0.3 is 24.8 Å². The molecule has 0 radical (unpaired) electrons. The number of ether oxygens (including phenoxy) is 1. The van der Waals surface area contributed by atoms with Crippen molar-refractivity contribution in [3.05, 3.63) is 29.8 Å². The topological polar surface area (TPSA) is 65.1 Å². The largest absolute Gasteiger partial charge is 0.371 e. The first-order valence-electron chi connectivity index (χ1n) is 11.4. The second kappa shape index (κ2) is 7.15. The fourth-order valence-corrected chi connectivity index (χ4v) is 5.96. The zero-order valence-corrected chi connectivity index (χ0v) is 17.3. The number of rotatable bonds is 2. The number of benzene rings is 1. The molecule has 3 amide bonds. The van der Waals surface area contributed by atoms with Crippen molar-refractivity contribution in [3.8, 4) is 0 Å². The molecule has 0 aromatic heterocycles. The molecule has 5 aliphatic heterocycles. The monoisotopic (exact) mass is 410 g/mol. The molecule has 5 saturated heterocycles. The highest BCUT2D eigenvalue weighted by atomic mass is 16.5. The first-order valence-corrected chi connectivity index (χ1v) is 11.4. The first-order chi connectivity index (χ1) is 14.6. The number of hydrogen-bond acceptors (Lipinski definition) is 4. The molecule has 160 valence electrons. The lowest BCUT2D eigenvalue weighted by Crippen LogP contribution is -2.63. The van der Waals surface area contributed by atoms with Crippen molar-refractivity contribution >= 4 is 17.6 Å². The number of fused-ring (bicyclic) bond motifs is 3. The Kier molecular flexibility index (Phi) is 4.41. The van der Waals surface area contributed by atoms with Gasteiger partial charge in [-0.1, -0.05) is 12.1 Å². The Morgan fingerprint density at radius 2 is 1.70 bits per heavy atom. The minimum absolute atomic E-state index is 0.0419. The number of anilines is 1. The van der Waals surface area contributed by atoms with Gasteiger partial charge in [0.1, 0.15) is 6.61 Å². The van der Waals surface area contributed by atoms with Crippen LogP contribution in [0.1, 0.15) is 30.7 Å². The van der Waals surface area contributed by atoms with Crippen molar-refractivity contribution in [2.24, 2.45) is 11.8 Å². The number of piperidine rings is 3. The number of carbonyl (C=O) groups is 2. The van der Waals surface area contributed by atoms with Gasteiger partial charge in [-0.15, -0.1) is 0 Å². The average molecular weight is 411 g/mol. The third kappa shape index (κ3) is 3.23. The molecule has 1 saturated carbocycles. The van der Waals surface area contributed by atoms with E-state index >= 15 is 0 Å². The molecule has 1 aliphatic carbocycles. The van der Waals surface area contributed by atoms with Crippen LogP contribution in [0.25, 0.3) is 0 Å². The maximum atomic E-state index is 12.9. The van der Waals surface area contributed by atoms with E-state index in [1.807, 2.05) is 9.80 Å². The summed E-state index contributed by atoms with van der Waals surface area (Å²) in [6.45, 7) is 5.36. The Bertz CT molecular complexity index is 821. The van der Waals surface area contributed by atoms with Crippen LogP contribution in [0.15, 0.2) is 24.3 Å². The highest BCUT2D eigenvalue weighted by Crippen LogP contribution is 2.41. The molecular weight excluding hydrogens is 380 g/mol. The third-order valence-corrected chi connectivity index (χ3v) is 7.77. The van der Waals surface area contributed by atoms with E-state index in [2.05, 4.69) is 34.5 Å². The van der Waals surface area contributed by atoms with Crippen molar-refractivity contribution in [1.29, 1.82) is 0 Å². The second-order valence-electron chi connectivity index (χ2n) is 9.84. The van der Waals surface area contributed by atoms with Crippen molar-refractivity contribution in [2.75, 3.05) is 50.8 Å². The van der Waals surface area contributed by atoms with Crippen molar-refractivity contribution in [2.45, 2.75) is 37.3 Å². The predicted molar refractivity (Wildman–Crippen MR) is 112 cm³/mol. The number of urea groups is 1. The van der Waals surface area contributed by atoms with Crippen LogP contribution in [0.5, 0.6) is 0 Å². The first kappa shape index (κ1) is 18.5. The molecule has 6 fully saturated rings. The summed E-state index contributed by atoms with van der Waals surface area (Å²) >= 11 is 0. The van der Waals surface area contributed by atoms with E-state index in [9.17, 15) is 9.59 Å². The molecule has 7 rings (SSSR count). The molecule has 2 bridgehead atoms. The minimum atomic E-state index is -0.0837. The van der Waals surface area contributed by atoms with Gasteiger partial charge in [-0.2, -0.15) is 0 Å². The summed E-state index contributed by atoms with van der Waals surface area (Å²) in [4.78, 5) is 30.8. The Balaban J connectivity index is 1.02. The van der Waals surface area contributed by atoms with Gasteiger partial charge in [-0.3, -0.25) is 4.79 Å². The number of nitrogens with one attached hydrogen (secondary N) is 1. The van der Waals surface area contributed by atoms with Crippen LogP contribution in [0.4, 0.5) is 10.5 Å². The molecule has 7 heteroatoms. The van der Waals surface area contributed by atoms with Gasteiger partial charge in [0.05, 0.1) is 12.1 Å². The predicted octanol–water partition coefficient (Wildman–Crippen LogP) is 1.64. The van der Waals surface area contributed by atoms with E-state index in [1.54, 1.807) is 0 Å². The molecule has 7 nitrogen and oxygen atoms in total. The molecule has 5 heterocycles. The lowest BCUT2D eigenvalue weighted by Gasteiger charge is -2.48. The molecular formula is C23H30N4O3. The maximum absolute atomic E-state index is 12.9. The fraction of sp³-hybridized carbons (Fsp3) is 0.652. The van der Waals surface area contributed by atoms with E-state index in [1.165, 1.54) is 37.2 Å². The van der Waals surface area contributed by atoms with E-state index in [4.69, 9.17) is 4.74 Å². The lowest BCUT2D eigenvalue weighted by atomic mass is 9.71. The lowest BCUT2D eigenvalue weighted by molar-refractivity contribution is -0.139. The Labute approximate surface area is 177 Å². The fourth-order valence-electron chi connectivity index (χ4n) is 5.96. The van der Waals surface area contributed by atoms with Crippen molar-refractivity contribution in [3.63, 3.8) is 0 Å². The van der Waals surface area contributed by atoms with E-state index < -0.39 is 0 Å². The van der Waals surface area contributed by atoms with E-state index in [0.717, 1.165) is 31.3 Å². The van der Waals surface area contributed by atoms with Crippen LogP contribution in [0, 0.1) is 11.8 Å². The highest BCUT2D eigenvalue weighted by molar-refractivity contribution is 5.79. The summed E-state index contributed by atoms with van der Waals surface area (Å²) in [7, 11) is 0. The minimum Gasteiger partial charge on any atom is -0.371 e. The normalized spacial score (nSPS) is 33.3. The van der Waals surface area contributed by atoms with Gasteiger partial charge in [0.2, 0.25) is 5.91 Å². The van der Waals surface area contributed by atoms with Gasteiger partial charge in [0.15, 0.2) is 0 Å². The quantitative estimate of drug-likeness (QED) is 0.805. The summed E-state index contributed by atoms with van der Waals surface area (Å²) in [5.74, 6) is 2.16. The molecule has 1 aromatic rings. The number of morpholine rings is 1. The number of carbonyl (C=O) groups excluding carboxylic acids is 2. The smallest absolute Gasteiger partial charge is 0.320 e. The van der Waals surface area contributed by atoms with Crippen LogP contribution < -0.4 is 10.2 Å². The molecule has 1 aromatic carbocycles. The van der Waals surface area contributed by atoms with Crippen LogP contribution in [0.3, 0.4) is 0 Å². The summed E-state index contributed by atoms with van der Waals surface area (Å²) in [5, 5.41) is 2.97. The average Bonchev–Trinajstić information content (AvgIpc) is 2.72. The van der Waals surface area contributed by atoms with Crippen LogP contribution in [-0.4, -0.2) is 79.8 Å². The summed E-state index contributed by atoms with van der Waals surface area (Å²) < 4.78 is 5.59. The highest BCUT2D eigenvalue weighted by Gasteiger charge is 2.40. The van der Waals surface area contributed by atoms with Gasteiger partial charge >= 0.3 is 6.03 Å². The van der Waals surface area contributed by atoms with Gasteiger partial charge in [0, 0.05) is 50.9 Å². The molecule has 0 unspecified atom stereocenters. The second-order valence-corrected chi connectivity index (χ2v) is 9.84. The molecule has 0 spiro atoms. The Hall–Kier alpha value is -2.28. The van der Waals surface area contributed by atoms with Crippen LogP contribution >= 0.6 is 0 Å². The van der Waals surface area contributed by atoms with E-state index in [-0.39, 0.29) is 30.7 Å². The van der Waals surface area contributed by atoms with Gasteiger partial charge in [-0.05, 0) is 48.8 Å². The zero-order valence-electron chi connectivity index (χ0n) is 17.3. The Morgan fingerprint density at radius 1 is 0.967 bits per heavy atom. The number of amides is 3. The van der Waals surface area contributed by atoms with Crippen molar-refractivity contribution in [1.82, 2.24) is 15.1 Å². The van der Waals surface area contributed by atoms with Gasteiger partial charge in [-0.25, -0.2) is 4.79 Å². The maximum Gasteiger partial charge on any atom is 0.320 e. The zero-order chi connectivity index (χ0) is 20.2. The SMILES string of the molecule is O=C1CO[C@H]2CCN(C(=O)N3CC(c4ccc(N5CC6CC(C6)C5)cc4)C3)C[C@H]2N1. The molecule has 6 aliphatic rings. The summed E-state index contributed by atoms with van der Waals surface area (Å²) in [6.07, 6.45) is 3.69. The van der Waals surface area contributed by atoms with Crippen LogP contribution in [0.2, 0.25) is 0 Å². The Morgan fingerprint density at radius 3 is 2.43 bits per heavy atom. The van der Waals surface area contributed by atoms with Crippen LogP contribution in [-0.2, 0) is 9.53 Å². The number of hydrogen-bond donors (Lipinski definition) is 1. The third-order valence-electron chi connectivity index (χ3n) is 7.77. The molecule has 1 N–H and O–H groups in total. The van der Waals surface area contributed by atoms with Gasteiger partial charge in [0.25, 0.3) is 0 Å². The molecule has 30 heavy (non-hydrogen) atoms. The van der Waals surface area contributed by atoms with Crippen molar-refractivity contribution < 1.29 is 14.3 Å².